The van der Waals surface area contributed by atoms with Crippen LogP contribution in [0.4, 0.5) is 5.69 Å². The molecule has 0 spiro atoms. The first-order valence-electron chi connectivity index (χ1n) is 6.00. The lowest BCUT2D eigenvalue weighted by atomic mass is 10.2. The maximum atomic E-state index is 11.7. The molecule has 5 heteroatoms. The quantitative estimate of drug-likeness (QED) is 0.812. The van der Waals surface area contributed by atoms with Crippen molar-refractivity contribution in [2.45, 2.75) is 12.5 Å². The van der Waals surface area contributed by atoms with E-state index in [0.29, 0.717) is 13.0 Å². The molecular weight excluding hydrogens is 230 g/mol. The molecule has 2 N–H and O–H groups in total. The summed E-state index contributed by atoms with van der Waals surface area (Å²) in [4.78, 5) is 24.9. The van der Waals surface area contributed by atoms with Crippen molar-refractivity contribution in [3.05, 3.63) is 30.3 Å². The number of likely N-dealkylation sites (N-methyl/N-ethyl adjacent to an activating group) is 1. The third-order valence-corrected chi connectivity index (χ3v) is 2.99. The van der Waals surface area contributed by atoms with Crippen LogP contribution < -0.4 is 10.6 Å². The van der Waals surface area contributed by atoms with Gasteiger partial charge >= 0.3 is 0 Å². The minimum absolute atomic E-state index is 0.0111. The summed E-state index contributed by atoms with van der Waals surface area (Å²) < 4.78 is 0. The highest BCUT2D eigenvalue weighted by Crippen LogP contribution is 2.08. The number of hydrogen-bond donors (Lipinski definition) is 2. The third-order valence-electron chi connectivity index (χ3n) is 2.99. The molecule has 1 unspecified atom stereocenters. The summed E-state index contributed by atoms with van der Waals surface area (Å²) in [6.07, 6.45) is 0.687. The first-order chi connectivity index (χ1) is 8.66. The van der Waals surface area contributed by atoms with Crippen LogP contribution in [-0.2, 0) is 9.59 Å². The monoisotopic (exact) mass is 247 g/mol. The molecule has 5 nitrogen and oxygen atoms in total. The van der Waals surface area contributed by atoms with Crippen LogP contribution in [0.25, 0.3) is 0 Å². The van der Waals surface area contributed by atoms with Gasteiger partial charge in [0, 0.05) is 19.3 Å². The number of rotatable bonds is 4. The van der Waals surface area contributed by atoms with Crippen LogP contribution in [0.15, 0.2) is 30.3 Å². The van der Waals surface area contributed by atoms with E-state index in [1.165, 1.54) is 0 Å². The zero-order valence-corrected chi connectivity index (χ0v) is 10.3. The van der Waals surface area contributed by atoms with Crippen molar-refractivity contribution in [1.29, 1.82) is 0 Å². The highest BCUT2D eigenvalue weighted by atomic mass is 16.2. The van der Waals surface area contributed by atoms with Crippen molar-refractivity contribution in [1.82, 2.24) is 10.2 Å². The summed E-state index contributed by atoms with van der Waals surface area (Å²) in [7, 11) is 1.75. The topological polar surface area (TPSA) is 61.4 Å². The van der Waals surface area contributed by atoms with Gasteiger partial charge in [-0.05, 0) is 18.6 Å². The van der Waals surface area contributed by atoms with Crippen molar-refractivity contribution < 1.29 is 9.59 Å². The molecule has 18 heavy (non-hydrogen) atoms. The largest absolute Gasteiger partial charge is 0.376 e. The number of carbonyl (C=O) groups excluding carboxylic acids is 2. The Kier molecular flexibility index (Phi) is 3.82. The Morgan fingerprint density at radius 3 is 2.72 bits per heavy atom. The molecule has 1 fully saturated rings. The van der Waals surface area contributed by atoms with Gasteiger partial charge in [-0.25, -0.2) is 0 Å². The highest BCUT2D eigenvalue weighted by molar-refractivity contribution is 5.90. The Morgan fingerprint density at radius 1 is 1.39 bits per heavy atom. The predicted octanol–water partition coefficient (Wildman–Crippen LogP) is 0.445. The first kappa shape index (κ1) is 12.4. The number of carbonyl (C=O) groups is 2. The fraction of sp³-hybridized carbons (Fsp3) is 0.385. The van der Waals surface area contributed by atoms with Gasteiger partial charge in [0.15, 0.2) is 0 Å². The van der Waals surface area contributed by atoms with Gasteiger partial charge in [0.1, 0.15) is 6.04 Å². The van der Waals surface area contributed by atoms with Gasteiger partial charge in [-0.1, -0.05) is 18.2 Å². The van der Waals surface area contributed by atoms with Gasteiger partial charge in [-0.15, -0.1) is 0 Å². The van der Waals surface area contributed by atoms with Crippen LogP contribution in [-0.4, -0.2) is 42.9 Å². The predicted molar refractivity (Wildman–Crippen MR) is 69.1 cm³/mol. The van der Waals surface area contributed by atoms with E-state index in [1.807, 2.05) is 30.3 Å². The summed E-state index contributed by atoms with van der Waals surface area (Å²) >= 11 is 0. The Hall–Kier alpha value is -2.04. The molecule has 1 atom stereocenters. The second-order valence-electron chi connectivity index (χ2n) is 4.39. The molecule has 1 heterocycles. The van der Waals surface area contributed by atoms with E-state index < -0.39 is 0 Å². The Labute approximate surface area is 106 Å². The summed E-state index contributed by atoms with van der Waals surface area (Å²) in [5.41, 5.74) is 0.891. The minimum Gasteiger partial charge on any atom is -0.376 e. The zero-order chi connectivity index (χ0) is 13.0. The molecule has 0 radical (unpaired) electrons. The van der Waals surface area contributed by atoms with Crippen LogP contribution in [0.3, 0.4) is 0 Å². The van der Waals surface area contributed by atoms with Gasteiger partial charge in [0.25, 0.3) is 0 Å². The molecule has 0 bridgehead atoms. The van der Waals surface area contributed by atoms with Crippen LogP contribution in [0, 0.1) is 0 Å². The number of benzene rings is 1. The van der Waals surface area contributed by atoms with Gasteiger partial charge < -0.3 is 15.5 Å². The van der Waals surface area contributed by atoms with E-state index in [4.69, 9.17) is 0 Å². The van der Waals surface area contributed by atoms with Crippen molar-refractivity contribution in [3.8, 4) is 0 Å². The van der Waals surface area contributed by atoms with Gasteiger partial charge in [0.05, 0.1) is 6.54 Å². The average Bonchev–Trinajstić information content (AvgIpc) is 2.70. The van der Waals surface area contributed by atoms with E-state index >= 15 is 0 Å². The molecule has 96 valence electrons. The van der Waals surface area contributed by atoms with Crippen LogP contribution >= 0.6 is 0 Å². The van der Waals surface area contributed by atoms with Gasteiger partial charge in [-0.3, -0.25) is 9.59 Å². The standard InChI is InChI=1S/C13H17N3O2/c1-16-8-7-11(13(16)18)15-12(17)9-14-10-5-3-2-4-6-10/h2-6,11,14H,7-9H2,1H3,(H,15,17). The molecule has 2 amide bonds. The van der Waals surface area contributed by atoms with Crippen molar-refractivity contribution in [3.63, 3.8) is 0 Å². The fourth-order valence-corrected chi connectivity index (χ4v) is 1.94. The summed E-state index contributed by atoms with van der Waals surface area (Å²) in [5, 5.41) is 5.74. The first-order valence-corrected chi connectivity index (χ1v) is 6.00. The molecule has 0 aromatic heterocycles. The second kappa shape index (κ2) is 5.53. The Balaban J connectivity index is 1.78. The van der Waals surface area contributed by atoms with Gasteiger partial charge in [0.2, 0.25) is 11.8 Å². The van der Waals surface area contributed by atoms with E-state index in [2.05, 4.69) is 10.6 Å². The van der Waals surface area contributed by atoms with E-state index in [1.54, 1.807) is 11.9 Å². The van der Waals surface area contributed by atoms with Crippen molar-refractivity contribution >= 4 is 17.5 Å². The number of hydrogen-bond acceptors (Lipinski definition) is 3. The molecule has 2 rings (SSSR count). The lowest BCUT2D eigenvalue weighted by Crippen LogP contribution is -2.42. The van der Waals surface area contributed by atoms with E-state index in [-0.39, 0.29) is 24.4 Å². The minimum atomic E-state index is -0.361. The fourth-order valence-electron chi connectivity index (χ4n) is 1.94. The molecule has 1 aromatic rings. The average molecular weight is 247 g/mol. The number of likely N-dealkylation sites (tertiary alicyclic amines) is 1. The SMILES string of the molecule is CN1CCC(NC(=O)CNc2ccccc2)C1=O. The smallest absolute Gasteiger partial charge is 0.244 e. The molecule has 0 saturated carbocycles. The van der Waals surface area contributed by atoms with E-state index in [0.717, 1.165) is 5.69 Å². The highest BCUT2D eigenvalue weighted by Gasteiger charge is 2.29. The second-order valence-corrected chi connectivity index (χ2v) is 4.39. The molecule has 1 aliphatic rings. The van der Waals surface area contributed by atoms with Crippen molar-refractivity contribution in [2.75, 3.05) is 25.5 Å². The van der Waals surface area contributed by atoms with Crippen LogP contribution in [0.2, 0.25) is 0 Å². The Bertz CT molecular complexity index is 433. The summed E-state index contributed by atoms with van der Waals surface area (Å²) in [5.74, 6) is -0.171. The number of nitrogens with one attached hydrogen (secondary N) is 2. The number of para-hydroxylation sites is 1. The van der Waals surface area contributed by atoms with E-state index in [9.17, 15) is 9.59 Å². The number of nitrogens with zero attached hydrogens (tertiary/aromatic N) is 1. The molecule has 1 aliphatic heterocycles. The lowest BCUT2D eigenvalue weighted by Gasteiger charge is -2.13. The number of amides is 2. The van der Waals surface area contributed by atoms with Crippen LogP contribution in [0.1, 0.15) is 6.42 Å². The lowest BCUT2D eigenvalue weighted by molar-refractivity contribution is -0.131. The maximum absolute atomic E-state index is 11.7. The summed E-state index contributed by atoms with van der Waals surface area (Å²) in [6, 6.07) is 9.13. The Morgan fingerprint density at radius 2 is 2.11 bits per heavy atom. The van der Waals surface area contributed by atoms with Crippen LogP contribution in [0.5, 0.6) is 0 Å². The van der Waals surface area contributed by atoms with Crippen molar-refractivity contribution in [2.24, 2.45) is 0 Å². The van der Waals surface area contributed by atoms with Gasteiger partial charge in [-0.2, -0.15) is 0 Å². The molecule has 0 aliphatic carbocycles. The number of anilines is 1. The third kappa shape index (κ3) is 3.00. The molecule has 1 saturated heterocycles. The zero-order valence-electron chi connectivity index (χ0n) is 10.3. The molecule has 1 aromatic carbocycles. The molecular formula is C13H17N3O2. The summed E-state index contributed by atoms with van der Waals surface area (Å²) in [6.45, 7) is 0.882. The maximum Gasteiger partial charge on any atom is 0.244 e. The normalized spacial score (nSPS) is 18.8.